The van der Waals surface area contributed by atoms with Gasteiger partial charge in [-0.1, -0.05) is 12.2 Å². The lowest BCUT2D eigenvalue weighted by Crippen LogP contribution is -2.56. The molecule has 18 heavy (non-hydrogen) atoms. The van der Waals surface area contributed by atoms with E-state index >= 15 is 0 Å². The van der Waals surface area contributed by atoms with Crippen LogP contribution in [0.15, 0.2) is 25.3 Å². The fourth-order valence-corrected chi connectivity index (χ4v) is 3.28. The van der Waals surface area contributed by atoms with Crippen molar-refractivity contribution in [2.75, 3.05) is 39.5 Å². The molecule has 0 aromatic carbocycles. The maximum absolute atomic E-state index is 5.98. The van der Waals surface area contributed by atoms with Crippen molar-refractivity contribution >= 4 is 0 Å². The minimum absolute atomic E-state index is 0.183. The lowest BCUT2D eigenvalue weighted by molar-refractivity contribution is -0.149. The quantitative estimate of drug-likeness (QED) is 0.534. The van der Waals surface area contributed by atoms with Gasteiger partial charge in [-0.25, -0.2) is 0 Å². The summed E-state index contributed by atoms with van der Waals surface area (Å²) in [7, 11) is 0. The summed E-state index contributed by atoms with van der Waals surface area (Å²) in [5.41, 5.74) is 0.183. The van der Waals surface area contributed by atoms with Gasteiger partial charge in [0.15, 0.2) is 0 Å². The van der Waals surface area contributed by atoms with Gasteiger partial charge in [0.05, 0.1) is 19.3 Å². The van der Waals surface area contributed by atoms with Crippen molar-refractivity contribution in [1.82, 2.24) is 4.90 Å². The minimum atomic E-state index is 0.183. The lowest BCUT2D eigenvalue weighted by atomic mass is 9.73. The summed E-state index contributed by atoms with van der Waals surface area (Å²) >= 11 is 0. The molecule has 2 fully saturated rings. The van der Waals surface area contributed by atoms with E-state index in [1.54, 1.807) is 0 Å². The van der Waals surface area contributed by atoms with Crippen LogP contribution in [0.2, 0.25) is 0 Å². The zero-order valence-corrected chi connectivity index (χ0v) is 11.3. The second-order valence-corrected chi connectivity index (χ2v) is 5.44. The van der Waals surface area contributed by atoms with E-state index < -0.39 is 0 Å². The second-order valence-electron chi connectivity index (χ2n) is 5.44. The van der Waals surface area contributed by atoms with Crippen LogP contribution in [0.5, 0.6) is 0 Å². The summed E-state index contributed by atoms with van der Waals surface area (Å²) in [6.45, 7) is 13.0. The summed E-state index contributed by atoms with van der Waals surface area (Å²) in [5.74, 6) is 0. The largest absolute Gasteiger partial charge is 0.377 e. The molecule has 2 aliphatic rings. The Balaban J connectivity index is 2.01. The number of rotatable bonds is 6. The zero-order valence-electron chi connectivity index (χ0n) is 11.3. The molecule has 2 saturated heterocycles. The van der Waals surface area contributed by atoms with Crippen molar-refractivity contribution in [2.45, 2.75) is 25.4 Å². The van der Waals surface area contributed by atoms with E-state index in [0.29, 0.717) is 12.7 Å². The highest BCUT2D eigenvalue weighted by molar-refractivity contribution is 4.97. The van der Waals surface area contributed by atoms with Gasteiger partial charge in [-0.05, 0) is 19.3 Å². The Morgan fingerprint density at radius 3 is 3.06 bits per heavy atom. The molecule has 0 spiro atoms. The first-order valence-electron chi connectivity index (χ1n) is 6.94. The van der Waals surface area contributed by atoms with Crippen LogP contribution in [-0.4, -0.2) is 50.5 Å². The molecule has 0 N–H and O–H groups in total. The summed E-state index contributed by atoms with van der Waals surface area (Å²) in [6, 6.07) is 0. The number of nitrogens with zero attached hydrogens (tertiary/aromatic N) is 1. The minimum Gasteiger partial charge on any atom is -0.377 e. The molecule has 0 amide bonds. The average molecular weight is 251 g/mol. The molecule has 102 valence electrons. The summed E-state index contributed by atoms with van der Waals surface area (Å²) in [4.78, 5) is 2.47. The van der Waals surface area contributed by atoms with Gasteiger partial charge < -0.3 is 9.47 Å². The third-order valence-corrected chi connectivity index (χ3v) is 4.08. The van der Waals surface area contributed by atoms with Crippen molar-refractivity contribution in [1.29, 1.82) is 0 Å². The molecule has 0 bridgehead atoms. The van der Waals surface area contributed by atoms with Crippen LogP contribution in [0, 0.1) is 5.41 Å². The summed E-state index contributed by atoms with van der Waals surface area (Å²) in [5, 5.41) is 0. The van der Waals surface area contributed by atoms with E-state index in [1.165, 1.54) is 6.42 Å². The van der Waals surface area contributed by atoms with Crippen molar-refractivity contribution in [3.8, 4) is 0 Å². The molecule has 0 aromatic rings. The van der Waals surface area contributed by atoms with Crippen LogP contribution in [0.1, 0.15) is 19.3 Å². The molecule has 2 atom stereocenters. The lowest BCUT2D eigenvalue weighted by Gasteiger charge is -2.50. The molecule has 0 aliphatic carbocycles. The van der Waals surface area contributed by atoms with Gasteiger partial charge in [0.1, 0.15) is 0 Å². The second kappa shape index (κ2) is 6.50. The molecule has 2 unspecified atom stereocenters. The fraction of sp³-hybridized carbons (Fsp3) is 0.733. The number of ether oxygens (including phenoxy) is 2. The van der Waals surface area contributed by atoms with Crippen LogP contribution in [0.4, 0.5) is 0 Å². The standard InChI is InChI=1S/C15H25NO2/c1-3-8-16-9-6-14-15(12-16,7-5-11-18-14)13-17-10-4-2/h3-4,14H,1-2,5-13H2. The Labute approximate surface area is 110 Å². The Kier molecular flexibility index (Phi) is 4.98. The van der Waals surface area contributed by atoms with Gasteiger partial charge in [-0.2, -0.15) is 0 Å². The first-order chi connectivity index (χ1) is 8.80. The van der Waals surface area contributed by atoms with E-state index in [4.69, 9.17) is 9.47 Å². The molecule has 0 radical (unpaired) electrons. The SMILES string of the molecule is C=CCOCC12CCCOC1CCN(CC=C)C2. The molecule has 3 heteroatoms. The van der Waals surface area contributed by atoms with Gasteiger partial charge in [0.25, 0.3) is 0 Å². The molecular formula is C15H25NO2. The van der Waals surface area contributed by atoms with Crippen molar-refractivity contribution in [3.05, 3.63) is 25.3 Å². The van der Waals surface area contributed by atoms with Crippen LogP contribution in [0.3, 0.4) is 0 Å². The first kappa shape index (κ1) is 13.8. The molecule has 3 nitrogen and oxygen atoms in total. The average Bonchev–Trinajstić information content (AvgIpc) is 2.39. The topological polar surface area (TPSA) is 21.7 Å². The highest BCUT2D eigenvalue weighted by Gasteiger charge is 2.45. The van der Waals surface area contributed by atoms with Gasteiger partial charge in [0.2, 0.25) is 0 Å². The molecule has 2 aliphatic heterocycles. The predicted octanol–water partition coefficient (Wildman–Crippen LogP) is 2.25. The number of piperidine rings is 1. The van der Waals surface area contributed by atoms with Crippen LogP contribution >= 0.6 is 0 Å². The van der Waals surface area contributed by atoms with Crippen LogP contribution in [-0.2, 0) is 9.47 Å². The predicted molar refractivity (Wildman–Crippen MR) is 73.7 cm³/mol. The molecular weight excluding hydrogens is 226 g/mol. The normalized spacial score (nSPS) is 32.8. The highest BCUT2D eigenvalue weighted by Crippen LogP contribution is 2.40. The Morgan fingerprint density at radius 1 is 1.39 bits per heavy atom. The maximum atomic E-state index is 5.98. The summed E-state index contributed by atoms with van der Waals surface area (Å²) < 4.78 is 11.7. The number of hydrogen-bond acceptors (Lipinski definition) is 3. The third-order valence-electron chi connectivity index (χ3n) is 4.08. The Morgan fingerprint density at radius 2 is 2.28 bits per heavy atom. The smallest absolute Gasteiger partial charge is 0.0677 e. The van der Waals surface area contributed by atoms with Crippen LogP contribution in [0.25, 0.3) is 0 Å². The maximum Gasteiger partial charge on any atom is 0.0677 e. The van der Waals surface area contributed by atoms with Crippen molar-refractivity contribution in [3.63, 3.8) is 0 Å². The third kappa shape index (κ3) is 3.02. The van der Waals surface area contributed by atoms with Gasteiger partial charge >= 0.3 is 0 Å². The van der Waals surface area contributed by atoms with Crippen molar-refractivity contribution in [2.24, 2.45) is 5.41 Å². The van der Waals surface area contributed by atoms with Crippen molar-refractivity contribution < 1.29 is 9.47 Å². The van der Waals surface area contributed by atoms with E-state index in [9.17, 15) is 0 Å². The molecule has 2 heterocycles. The molecule has 0 aromatic heterocycles. The number of hydrogen-bond donors (Lipinski definition) is 0. The van der Waals surface area contributed by atoms with E-state index in [-0.39, 0.29) is 5.41 Å². The van der Waals surface area contributed by atoms with Crippen LogP contribution < -0.4 is 0 Å². The van der Waals surface area contributed by atoms with E-state index in [1.807, 2.05) is 12.2 Å². The highest BCUT2D eigenvalue weighted by atomic mass is 16.5. The van der Waals surface area contributed by atoms with E-state index in [0.717, 1.165) is 45.7 Å². The van der Waals surface area contributed by atoms with Gasteiger partial charge in [-0.3, -0.25) is 4.90 Å². The number of likely N-dealkylation sites (tertiary alicyclic amines) is 1. The Hall–Kier alpha value is -0.640. The molecule has 2 rings (SSSR count). The van der Waals surface area contributed by atoms with Gasteiger partial charge in [-0.15, -0.1) is 13.2 Å². The monoisotopic (exact) mass is 251 g/mol. The fourth-order valence-electron chi connectivity index (χ4n) is 3.28. The summed E-state index contributed by atoms with van der Waals surface area (Å²) in [6.07, 6.45) is 7.66. The Bertz CT molecular complexity index is 292. The van der Waals surface area contributed by atoms with Gasteiger partial charge in [0, 0.05) is 31.7 Å². The number of fused-ring (bicyclic) bond motifs is 1. The zero-order chi connectivity index (χ0) is 12.8. The molecule has 0 saturated carbocycles. The first-order valence-corrected chi connectivity index (χ1v) is 6.94. The van der Waals surface area contributed by atoms with E-state index in [2.05, 4.69) is 18.1 Å².